The highest BCUT2D eigenvalue weighted by Gasteiger charge is 2.52. The molecule has 0 bridgehead atoms. The minimum atomic E-state index is -5.52. The Kier molecular flexibility index (Phi) is 66.4. The molecule has 618 valence electrons. The van der Waals surface area contributed by atoms with Crippen LogP contribution in [0.4, 0.5) is 0 Å². The van der Waals surface area contributed by atoms with E-state index in [1.165, 1.54) is 103 Å². The summed E-state index contributed by atoms with van der Waals surface area (Å²) in [5.41, 5.74) is 0. The number of ether oxygens (including phenoxy) is 6. The first-order chi connectivity index (χ1) is 51.0. The lowest BCUT2D eigenvalue weighted by atomic mass is 9.95. The zero-order valence-electron chi connectivity index (χ0n) is 67.7. The molecule has 0 saturated carbocycles. The van der Waals surface area contributed by atoms with Gasteiger partial charge in [0.25, 0.3) is 0 Å². The minimum absolute atomic E-state index is 0.151. The minimum Gasteiger partial charge on any atom is -0.462 e. The fraction of sp³-hybridized carbons (Fsp3) is 0.929. The second-order valence-electron chi connectivity index (χ2n) is 30.6. The molecular formula is C84H159N2O18P. The fourth-order valence-electron chi connectivity index (χ4n) is 14.1. The predicted molar refractivity (Wildman–Crippen MR) is 420 cm³/mol. The SMILES string of the molecule is CCCCCCCCCCC[C@H](CC(=O)N[C@H](CO)CO[C@H]1O[C@H](CO)[C@@H](OP(=O)(O)O)[C@H](OC(=O)C[C@@H](CCCCCCCCCCC)OC(=O)CCCCCCCCCC)[C@@H]1NC(=O)C[C@@H](CCCCCCCCCCC)OC(=O)CCCCCCCCCC)OC(=O)CCCCCCCCCC. The molecular weight excluding hydrogens is 1360 g/mol. The van der Waals surface area contributed by atoms with Gasteiger partial charge in [0.1, 0.15) is 36.6 Å². The monoisotopic (exact) mass is 1520 g/mol. The molecule has 0 aliphatic carbocycles. The molecule has 1 heterocycles. The second-order valence-corrected chi connectivity index (χ2v) is 31.8. The summed E-state index contributed by atoms with van der Waals surface area (Å²) >= 11 is 0. The van der Waals surface area contributed by atoms with Crippen LogP contribution in [0.15, 0.2) is 0 Å². The Balaban J connectivity index is 3.80. The van der Waals surface area contributed by atoms with Crippen LogP contribution >= 0.6 is 7.82 Å². The maximum absolute atomic E-state index is 14.9. The zero-order chi connectivity index (χ0) is 77.1. The molecule has 0 aromatic carbocycles. The third-order valence-electron chi connectivity index (χ3n) is 20.4. The first-order valence-electron chi connectivity index (χ1n) is 43.6. The van der Waals surface area contributed by atoms with E-state index in [-0.39, 0.29) is 38.1 Å². The summed E-state index contributed by atoms with van der Waals surface area (Å²) in [7, 11) is -5.52. The molecule has 20 nitrogen and oxygen atoms in total. The number of nitrogens with one attached hydrogen (secondary N) is 2. The Hall–Kier alpha value is -3.23. The van der Waals surface area contributed by atoms with Crippen LogP contribution in [0.1, 0.15) is 427 Å². The first-order valence-corrected chi connectivity index (χ1v) is 45.1. The Bertz CT molecular complexity index is 2140. The van der Waals surface area contributed by atoms with Gasteiger partial charge in [-0.1, -0.05) is 330 Å². The van der Waals surface area contributed by atoms with Gasteiger partial charge in [-0.25, -0.2) is 4.57 Å². The van der Waals surface area contributed by atoms with Gasteiger partial charge in [-0.2, -0.15) is 0 Å². The number of amides is 2. The summed E-state index contributed by atoms with van der Waals surface area (Å²) in [6.07, 6.45) is 44.3. The molecule has 105 heavy (non-hydrogen) atoms. The smallest absolute Gasteiger partial charge is 0.462 e. The van der Waals surface area contributed by atoms with E-state index in [2.05, 4.69) is 52.2 Å². The van der Waals surface area contributed by atoms with Crippen LogP contribution in [0.25, 0.3) is 0 Å². The fourth-order valence-corrected chi connectivity index (χ4v) is 14.6. The quantitative estimate of drug-likeness (QED) is 0.0143. The highest BCUT2D eigenvalue weighted by molar-refractivity contribution is 7.46. The summed E-state index contributed by atoms with van der Waals surface area (Å²) in [6.45, 7) is 11.0. The van der Waals surface area contributed by atoms with Gasteiger partial charge in [-0.05, 0) is 57.8 Å². The number of carbonyl (C=O) groups excluding carboxylic acids is 6. The highest BCUT2D eigenvalue weighted by Crippen LogP contribution is 2.42. The summed E-state index contributed by atoms with van der Waals surface area (Å²) < 4.78 is 55.4. The number of unbranched alkanes of at least 4 members (excludes halogenated alkanes) is 45. The molecule has 21 heteroatoms. The largest absolute Gasteiger partial charge is 0.470 e. The van der Waals surface area contributed by atoms with Gasteiger partial charge in [0, 0.05) is 19.3 Å². The molecule has 1 aliphatic rings. The molecule has 1 aliphatic heterocycles. The molecule has 9 atom stereocenters. The molecule has 0 aromatic rings. The van der Waals surface area contributed by atoms with Crippen LogP contribution in [-0.2, 0) is 66.3 Å². The van der Waals surface area contributed by atoms with Crippen molar-refractivity contribution in [1.29, 1.82) is 0 Å². The van der Waals surface area contributed by atoms with Crippen molar-refractivity contribution in [2.45, 2.75) is 482 Å². The molecule has 6 N–H and O–H groups in total. The molecule has 1 fully saturated rings. The van der Waals surface area contributed by atoms with Crippen molar-refractivity contribution in [3.8, 4) is 0 Å². The second kappa shape index (κ2) is 69.9. The molecule has 0 unspecified atom stereocenters. The van der Waals surface area contributed by atoms with Crippen LogP contribution in [-0.4, -0.2) is 131 Å². The Labute approximate surface area is 639 Å². The Morgan fingerprint density at radius 2 is 0.676 bits per heavy atom. The van der Waals surface area contributed by atoms with E-state index >= 15 is 0 Å². The highest BCUT2D eigenvalue weighted by atomic mass is 31.2. The van der Waals surface area contributed by atoms with Gasteiger partial charge in [0.15, 0.2) is 12.4 Å². The normalized spacial score (nSPS) is 17.2. The summed E-state index contributed by atoms with van der Waals surface area (Å²) in [6, 6.07) is -2.81. The van der Waals surface area contributed by atoms with E-state index in [0.29, 0.717) is 51.4 Å². The van der Waals surface area contributed by atoms with Crippen LogP contribution in [0.5, 0.6) is 0 Å². The van der Waals surface area contributed by atoms with Crippen LogP contribution in [0, 0.1) is 0 Å². The number of rotatable bonds is 76. The number of phosphoric ester groups is 1. The number of hydrogen-bond acceptors (Lipinski definition) is 16. The molecule has 1 rings (SSSR count). The maximum atomic E-state index is 14.9. The number of esters is 4. The average Bonchev–Trinajstić information content (AvgIpc) is 0.781. The van der Waals surface area contributed by atoms with E-state index < -0.39 is 119 Å². The molecule has 0 spiro atoms. The van der Waals surface area contributed by atoms with E-state index in [4.69, 9.17) is 32.9 Å². The summed E-state index contributed by atoms with van der Waals surface area (Å²) in [4.78, 5) is 105. The number of hydrogen-bond donors (Lipinski definition) is 6. The molecule has 0 radical (unpaired) electrons. The van der Waals surface area contributed by atoms with Crippen molar-refractivity contribution in [1.82, 2.24) is 10.6 Å². The first kappa shape index (κ1) is 99.8. The summed E-state index contributed by atoms with van der Waals surface area (Å²) in [5.74, 6) is -3.50. The topological polar surface area (TPSA) is 289 Å². The van der Waals surface area contributed by atoms with Crippen molar-refractivity contribution in [2.75, 3.05) is 19.8 Å². The predicted octanol–water partition coefficient (Wildman–Crippen LogP) is 20.3. The lowest BCUT2D eigenvalue weighted by Gasteiger charge is -2.45. The van der Waals surface area contributed by atoms with Crippen LogP contribution < -0.4 is 10.6 Å². The van der Waals surface area contributed by atoms with Crippen LogP contribution in [0.2, 0.25) is 0 Å². The Morgan fingerprint density at radius 3 is 0.981 bits per heavy atom. The lowest BCUT2D eigenvalue weighted by molar-refractivity contribution is -0.272. The molecule has 1 saturated heterocycles. The number of aliphatic hydroxyl groups excluding tert-OH is 2. The molecule has 0 aromatic heterocycles. The maximum Gasteiger partial charge on any atom is 0.470 e. The average molecular weight is 1520 g/mol. The van der Waals surface area contributed by atoms with Crippen molar-refractivity contribution in [2.24, 2.45) is 0 Å². The van der Waals surface area contributed by atoms with Gasteiger partial charge in [0.05, 0.1) is 45.1 Å². The lowest BCUT2D eigenvalue weighted by Crippen LogP contribution is -2.66. The van der Waals surface area contributed by atoms with Crippen molar-refractivity contribution in [3.05, 3.63) is 0 Å². The van der Waals surface area contributed by atoms with E-state index in [1.807, 2.05) is 0 Å². The van der Waals surface area contributed by atoms with Gasteiger partial charge in [-0.3, -0.25) is 33.3 Å². The van der Waals surface area contributed by atoms with Crippen molar-refractivity contribution < 1.29 is 86.3 Å². The third-order valence-corrected chi connectivity index (χ3v) is 21.0. The Morgan fingerprint density at radius 1 is 0.381 bits per heavy atom. The van der Waals surface area contributed by atoms with Gasteiger partial charge < -0.3 is 59.1 Å². The summed E-state index contributed by atoms with van der Waals surface area (Å²) in [5, 5.41) is 27.5. The zero-order valence-corrected chi connectivity index (χ0v) is 68.6. The number of carbonyl (C=O) groups is 6. The van der Waals surface area contributed by atoms with Crippen molar-refractivity contribution >= 4 is 43.5 Å². The van der Waals surface area contributed by atoms with E-state index in [0.717, 1.165) is 193 Å². The number of aliphatic hydroxyl groups is 2. The molecule has 2 amide bonds. The van der Waals surface area contributed by atoms with Crippen LogP contribution in [0.3, 0.4) is 0 Å². The van der Waals surface area contributed by atoms with Gasteiger partial charge >= 0.3 is 31.7 Å². The van der Waals surface area contributed by atoms with Gasteiger partial charge in [-0.15, -0.1) is 0 Å². The van der Waals surface area contributed by atoms with Gasteiger partial charge in [0.2, 0.25) is 11.8 Å². The van der Waals surface area contributed by atoms with E-state index in [9.17, 15) is 53.3 Å². The third kappa shape index (κ3) is 58.4. The standard InChI is InChI=1S/C84H159N2O18P/c1-7-13-19-25-31-37-40-46-52-58-71(99-77(91)61-55-49-43-34-28-22-16-10-4)64-75(89)85-70(67-87)69-98-84-81(86-76(90)65-72(59-53-47-41-38-32-26-20-14-8-2)100-78(92)62-56-50-44-35-29-23-17-11-5)83(82(74(68-88)102-84)104-105(95,96)97)103-80(94)66-73(60-54-48-42-39-33-27-21-15-9-3)101-79(93)63-57-51-45-36-30-24-18-12-6/h70-74,81-84,87-88H,7-69H2,1-6H3,(H,85,89)(H,86,90)(H2,95,96,97)/t70-,71-,72-,73-,74-,81+,82-,83-,84+/m1/s1. The van der Waals surface area contributed by atoms with Crippen molar-refractivity contribution in [3.63, 3.8) is 0 Å². The van der Waals surface area contributed by atoms with E-state index in [1.54, 1.807) is 0 Å². The number of phosphoric acid groups is 1.